The maximum Gasteiger partial charge on any atom is 0.338 e. The Morgan fingerprint density at radius 3 is 2.53 bits per heavy atom. The van der Waals surface area contributed by atoms with Gasteiger partial charge in [0.25, 0.3) is 5.56 Å². The van der Waals surface area contributed by atoms with Crippen molar-refractivity contribution in [3.63, 3.8) is 0 Å². The van der Waals surface area contributed by atoms with E-state index >= 15 is 0 Å². The van der Waals surface area contributed by atoms with Crippen LogP contribution in [0.4, 0.5) is 5.69 Å². The lowest BCUT2D eigenvalue weighted by atomic mass is 9.95. The summed E-state index contributed by atoms with van der Waals surface area (Å²) in [5.41, 5.74) is 3.32. The van der Waals surface area contributed by atoms with Gasteiger partial charge in [0.15, 0.2) is 4.80 Å². The third-order valence-corrected chi connectivity index (χ3v) is 6.64. The third-order valence-electron chi connectivity index (χ3n) is 5.66. The first-order valence-electron chi connectivity index (χ1n) is 11.0. The first-order chi connectivity index (χ1) is 16.3. The molecule has 1 aliphatic rings. The van der Waals surface area contributed by atoms with Crippen molar-refractivity contribution in [2.24, 2.45) is 4.99 Å². The number of benzene rings is 2. The van der Waals surface area contributed by atoms with Gasteiger partial charge in [0, 0.05) is 25.3 Å². The van der Waals surface area contributed by atoms with Gasteiger partial charge in [-0.15, -0.1) is 0 Å². The van der Waals surface area contributed by atoms with Crippen molar-refractivity contribution in [2.45, 2.75) is 19.9 Å². The fourth-order valence-electron chi connectivity index (χ4n) is 4.00. The summed E-state index contributed by atoms with van der Waals surface area (Å²) in [5, 5.41) is 0. The lowest BCUT2D eigenvalue weighted by Crippen LogP contribution is -2.40. The van der Waals surface area contributed by atoms with E-state index in [4.69, 9.17) is 9.47 Å². The van der Waals surface area contributed by atoms with Gasteiger partial charge >= 0.3 is 5.97 Å². The normalized spacial score (nSPS) is 15.6. The molecule has 4 rings (SSSR count). The van der Waals surface area contributed by atoms with E-state index in [9.17, 15) is 9.59 Å². The molecule has 7 nitrogen and oxygen atoms in total. The minimum atomic E-state index is -0.704. The van der Waals surface area contributed by atoms with Crippen LogP contribution in [0.25, 0.3) is 6.08 Å². The molecule has 0 saturated heterocycles. The van der Waals surface area contributed by atoms with Gasteiger partial charge in [0.05, 0.1) is 29.5 Å². The number of carbonyl (C=O) groups is 1. The summed E-state index contributed by atoms with van der Waals surface area (Å²) in [6.45, 7) is 3.75. The molecule has 0 aliphatic carbocycles. The first kappa shape index (κ1) is 23.5. The van der Waals surface area contributed by atoms with Crippen LogP contribution in [0.15, 0.2) is 69.6 Å². The largest absolute Gasteiger partial charge is 0.496 e. The Labute approximate surface area is 201 Å². The molecule has 176 valence electrons. The van der Waals surface area contributed by atoms with Crippen molar-refractivity contribution in [2.75, 3.05) is 32.7 Å². The van der Waals surface area contributed by atoms with E-state index in [1.807, 2.05) is 73.6 Å². The lowest BCUT2D eigenvalue weighted by Gasteiger charge is -2.25. The number of rotatable bonds is 6. The molecule has 34 heavy (non-hydrogen) atoms. The van der Waals surface area contributed by atoms with E-state index in [0.29, 0.717) is 31.9 Å². The Hall–Kier alpha value is -3.65. The number of fused-ring (bicyclic) bond motifs is 1. The van der Waals surface area contributed by atoms with Crippen LogP contribution in [-0.2, 0) is 9.53 Å². The number of hydrogen-bond acceptors (Lipinski definition) is 7. The number of nitrogens with zero attached hydrogens (tertiary/aromatic N) is 3. The number of methoxy groups -OCH3 is 1. The molecule has 0 radical (unpaired) electrons. The summed E-state index contributed by atoms with van der Waals surface area (Å²) in [4.78, 5) is 33.8. The molecule has 0 amide bonds. The minimum Gasteiger partial charge on any atom is -0.496 e. The van der Waals surface area contributed by atoms with Crippen LogP contribution in [0.3, 0.4) is 0 Å². The highest BCUT2D eigenvalue weighted by molar-refractivity contribution is 7.07. The summed E-state index contributed by atoms with van der Waals surface area (Å²) in [6, 6.07) is 14.6. The topological polar surface area (TPSA) is 73.1 Å². The van der Waals surface area contributed by atoms with E-state index in [2.05, 4.69) is 4.99 Å². The molecule has 0 bridgehead atoms. The van der Waals surface area contributed by atoms with Crippen LogP contribution in [0.1, 0.15) is 31.0 Å². The minimum absolute atomic E-state index is 0.217. The second-order valence-electron chi connectivity index (χ2n) is 8.03. The number of carbonyl (C=O) groups excluding carboxylic acids is 1. The zero-order chi connectivity index (χ0) is 24.4. The molecule has 2 aromatic carbocycles. The highest BCUT2D eigenvalue weighted by Gasteiger charge is 2.34. The molecule has 2 heterocycles. The number of hydrogen-bond donors (Lipinski definition) is 0. The van der Waals surface area contributed by atoms with E-state index in [1.165, 1.54) is 11.3 Å². The molecular formula is C26H27N3O4S. The average Bonchev–Trinajstić information content (AvgIpc) is 3.13. The highest BCUT2D eigenvalue weighted by Crippen LogP contribution is 2.35. The predicted octanol–water partition coefficient (Wildman–Crippen LogP) is 2.87. The standard InChI is InChI=1S/C26H27N3O4S/c1-6-33-25(31)22-16(2)27-26-29(23(22)19-9-7-8-10-20(19)32-5)24(30)21(34-26)15-17-11-13-18(14-12-17)28(3)4/h7-15,23H,6H2,1-5H3/b21-15-/t23-/m0/s1. The summed E-state index contributed by atoms with van der Waals surface area (Å²) in [5.74, 6) is 0.0889. The molecule has 1 aromatic heterocycles. The zero-order valence-corrected chi connectivity index (χ0v) is 20.7. The molecular weight excluding hydrogens is 450 g/mol. The third kappa shape index (κ3) is 4.28. The summed E-state index contributed by atoms with van der Waals surface area (Å²) in [6.07, 6.45) is 1.85. The molecule has 3 aromatic rings. The van der Waals surface area contributed by atoms with Gasteiger partial charge in [0.2, 0.25) is 0 Å². The fraction of sp³-hybridized carbons (Fsp3) is 0.269. The van der Waals surface area contributed by atoms with Crippen LogP contribution in [0.2, 0.25) is 0 Å². The number of ether oxygens (including phenoxy) is 2. The van der Waals surface area contributed by atoms with Crippen LogP contribution in [0, 0.1) is 0 Å². The molecule has 0 unspecified atom stereocenters. The van der Waals surface area contributed by atoms with Crippen LogP contribution < -0.4 is 24.5 Å². The maximum absolute atomic E-state index is 13.7. The average molecular weight is 478 g/mol. The number of aromatic nitrogens is 1. The van der Waals surface area contributed by atoms with Gasteiger partial charge in [0.1, 0.15) is 11.8 Å². The Balaban J connectivity index is 1.93. The second kappa shape index (κ2) is 9.69. The molecule has 0 fully saturated rings. The quantitative estimate of drug-likeness (QED) is 0.511. The van der Waals surface area contributed by atoms with Crippen molar-refractivity contribution >= 4 is 29.1 Å². The van der Waals surface area contributed by atoms with Gasteiger partial charge < -0.3 is 14.4 Å². The summed E-state index contributed by atoms with van der Waals surface area (Å²) in [7, 11) is 5.53. The number of esters is 1. The van der Waals surface area contributed by atoms with Crippen molar-refractivity contribution < 1.29 is 14.3 Å². The maximum atomic E-state index is 13.7. The fourth-order valence-corrected chi connectivity index (χ4v) is 5.04. The molecule has 0 N–H and O–H groups in total. The van der Waals surface area contributed by atoms with E-state index in [0.717, 1.165) is 11.3 Å². The van der Waals surface area contributed by atoms with Crippen molar-refractivity contribution in [1.29, 1.82) is 0 Å². The van der Waals surface area contributed by atoms with Gasteiger partial charge in [-0.05, 0) is 43.7 Å². The van der Waals surface area contributed by atoms with Crippen LogP contribution in [-0.4, -0.2) is 38.3 Å². The number of para-hydroxylation sites is 1. The number of allylic oxidation sites excluding steroid dienone is 1. The first-order valence-corrected chi connectivity index (χ1v) is 11.8. The van der Waals surface area contributed by atoms with E-state index in [1.54, 1.807) is 25.5 Å². The summed E-state index contributed by atoms with van der Waals surface area (Å²) < 4.78 is 13.0. The number of thiazole rings is 1. The van der Waals surface area contributed by atoms with Crippen molar-refractivity contribution in [1.82, 2.24) is 4.57 Å². The van der Waals surface area contributed by atoms with Crippen molar-refractivity contribution in [3.8, 4) is 5.75 Å². The zero-order valence-electron chi connectivity index (χ0n) is 19.9. The van der Waals surface area contributed by atoms with Gasteiger partial charge in [-0.2, -0.15) is 0 Å². The predicted molar refractivity (Wildman–Crippen MR) is 134 cm³/mol. The molecule has 0 spiro atoms. The van der Waals surface area contributed by atoms with Gasteiger partial charge in [-0.25, -0.2) is 9.79 Å². The van der Waals surface area contributed by atoms with E-state index in [-0.39, 0.29) is 12.2 Å². The SMILES string of the molecule is CCOC(=O)C1=C(C)N=c2s/c(=C\c3ccc(N(C)C)cc3)c(=O)n2[C@H]1c1ccccc1OC. The molecule has 1 aliphatic heterocycles. The molecule has 0 saturated carbocycles. The van der Waals surface area contributed by atoms with E-state index < -0.39 is 12.0 Å². The van der Waals surface area contributed by atoms with Crippen LogP contribution in [0.5, 0.6) is 5.75 Å². The lowest BCUT2D eigenvalue weighted by molar-refractivity contribution is -0.139. The molecule has 1 atom stereocenters. The number of anilines is 1. The Morgan fingerprint density at radius 2 is 1.88 bits per heavy atom. The smallest absolute Gasteiger partial charge is 0.338 e. The Morgan fingerprint density at radius 1 is 1.18 bits per heavy atom. The van der Waals surface area contributed by atoms with Gasteiger partial charge in [-0.3, -0.25) is 9.36 Å². The van der Waals surface area contributed by atoms with Crippen molar-refractivity contribution in [3.05, 3.63) is 90.6 Å². The van der Waals surface area contributed by atoms with Crippen LogP contribution >= 0.6 is 11.3 Å². The molecule has 8 heteroatoms. The highest BCUT2D eigenvalue weighted by atomic mass is 32.1. The Bertz CT molecular complexity index is 1430. The van der Waals surface area contributed by atoms with Gasteiger partial charge in [-0.1, -0.05) is 41.7 Å². The second-order valence-corrected chi connectivity index (χ2v) is 9.04. The Kier molecular flexibility index (Phi) is 6.70. The summed E-state index contributed by atoms with van der Waals surface area (Å²) >= 11 is 1.30. The monoisotopic (exact) mass is 477 g/mol.